The first-order chi connectivity index (χ1) is 17.0. The summed E-state index contributed by atoms with van der Waals surface area (Å²) in [4.78, 5) is 39.8. The van der Waals surface area contributed by atoms with Crippen molar-refractivity contribution >= 4 is 23.3 Å². The van der Waals surface area contributed by atoms with Crippen LogP contribution in [0.25, 0.3) is 0 Å². The lowest BCUT2D eigenvalue weighted by molar-refractivity contribution is -0.127. The molecule has 0 radical (unpaired) electrons. The zero-order chi connectivity index (χ0) is 24.8. The summed E-state index contributed by atoms with van der Waals surface area (Å²) < 4.78 is 16.3. The number of nitrogens with zero attached hydrogens (tertiary/aromatic N) is 1. The molecule has 0 aromatic heterocycles. The molecule has 1 aliphatic rings. The van der Waals surface area contributed by atoms with Gasteiger partial charge in [-0.25, -0.2) is 0 Å². The number of carbonyl (C=O) groups is 3. The molecule has 1 heterocycles. The van der Waals surface area contributed by atoms with Crippen LogP contribution in [0.3, 0.4) is 0 Å². The monoisotopic (exact) mass is 474 g/mol. The minimum atomic E-state index is -0.799. The topological polar surface area (TPSA) is 94.2 Å². The van der Waals surface area contributed by atoms with Crippen molar-refractivity contribution < 1.29 is 28.6 Å². The molecular weight excluding hydrogens is 448 g/mol. The lowest BCUT2D eigenvalue weighted by Gasteiger charge is -2.33. The molecule has 0 saturated carbocycles. The molecule has 2 amide bonds. The molecule has 1 N–H and O–H groups in total. The highest BCUT2D eigenvalue weighted by Gasteiger charge is 2.33. The Morgan fingerprint density at radius 2 is 1.80 bits per heavy atom. The largest absolute Gasteiger partial charge is 0.497 e. The van der Waals surface area contributed by atoms with E-state index in [9.17, 15) is 14.4 Å². The smallest absolute Gasteiger partial charge is 0.265 e. The third-order valence-corrected chi connectivity index (χ3v) is 5.65. The highest BCUT2D eigenvalue weighted by atomic mass is 16.5. The van der Waals surface area contributed by atoms with Crippen LogP contribution in [-0.2, 0) is 16.1 Å². The quantitative estimate of drug-likeness (QED) is 0.478. The number of methoxy groups -OCH3 is 1. The van der Waals surface area contributed by atoms with E-state index in [1.165, 1.54) is 4.90 Å². The van der Waals surface area contributed by atoms with Gasteiger partial charge in [0.2, 0.25) is 5.91 Å². The summed E-state index contributed by atoms with van der Waals surface area (Å²) in [7, 11) is 1.55. The van der Waals surface area contributed by atoms with Crippen molar-refractivity contribution in [3.8, 4) is 17.2 Å². The fourth-order valence-corrected chi connectivity index (χ4v) is 3.74. The van der Waals surface area contributed by atoms with Gasteiger partial charge in [0, 0.05) is 18.2 Å². The molecule has 8 heteroatoms. The molecule has 0 fully saturated rings. The second kappa shape index (κ2) is 10.7. The molecule has 0 spiro atoms. The van der Waals surface area contributed by atoms with Gasteiger partial charge in [-0.05, 0) is 42.8 Å². The fraction of sp³-hybridized carbons (Fsp3) is 0.222. The van der Waals surface area contributed by atoms with E-state index in [-0.39, 0.29) is 30.8 Å². The van der Waals surface area contributed by atoms with Gasteiger partial charge in [-0.15, -0.1) is 0 Å². The molecule has 3 aromatic rings. The van der Waals surface area contributed by atoms with E-state index in [1.54, 1.807) is 56.5 Å². The number of rotatable bonds is 9. The summed E-state index contributed by atoms with van der Waals surface area (Å²) in [6.07, 6.45) is 0. The predicted molar refractivity (Wildman–Crippen MR) is 130 cm³/mol. The molecule has 0 bridgehead atoms. The number of benzene rings is 3. The zero-order valence-electron chi connectivity index (χ0n) is 19.5. The summed E-state index contributed by atoms with van der Waals surface area (Å²) in [5.41, 5.74) is 1.66. The summed E-state index contributed by atoms with van der Waals surface area (Å²) in [6.45, 7) is 1.60. The van der Waals surface area contributed by atoms with Gasteiger partial charge in [-0.1, -0.05) is 36.4 Å². The second-order valence-electron chi connectivity index (χ2n) is 8.01. The summed E-state index contributed by atoms with van der Waals surface area (Å²) in [5.74, 6) is 0.589. The Kier molecular flexibility index (Phi) is 7.30. The molecule has 0 saturated heterocycles. The molecule has 1 aliphatic heterocycles. The third kappa shape index (κ3) is 5.60. The van der Waals surface area contributed by atoms with Gasteiger partial charge in [0.25, 0.3) is 5.91 Å². The third-order valence-electron chi connectivity index (χ3n) is 5.65. The molecule has 3 aromatic carbocycles. The van der Waals surface area contributed by atoms with Crippen LogP contribution in [0.1, 0.15) is 22.8 Å². The van der Waals surface area contributed by atoms with Gasteiger partial charge in [-0.3, -0.25) is 19.3 Å². The van der Waals surface area contributed by atoms with Crippen molar-refractivity contribution in [3.63, 3.8) is 0 Å². The van der Waals surface area contributed by atoms with E-state index in [1.807, 2.05) is 30.3 Å². The number of fused-ring (bicyclic) bond motifs is 1. The minimum Gasteiger partial charge on any atom is -0.497 e. The van der Waals surface area contributed by atoms with Gasteiger partial charge in [0.1, 0.15) is 23.3 Å². The Bertz CT molecular complexity index is 1230. The first-order valence-corrected chi connectivity index (χ1v) is 11.2. The first kappa shape index (κ1) is 23.8. The van der Waals surface area contributed by atoms with Crippen molar-refractivity contribution in [1.29, 1.82) is 0 Å². The van der Waals surface area contributed by atoms with E-state index in [2.05, 4.69) is 5.32 Å². The normalized spacial score (nSPS) is 13.3. The molecule has 0 aliphatic carbocycles. The van der Waals surface area contributed by atoms with Crippen LogP contribution >= 0.6 is 0 Å². The maximum atomic E-state index is 12.9. The second-order valence-corrected chi connectivity index (χ2v) is 8.01. The van der Waals surface area contributed by atoms with Crippen molar-refractivity contribution in [3.05, 3.63) is 83.9 Å². The van der Waals surface area contributed by atoms with Crippen LogP contribution < -0.4 is 24.4 Å². The van der Waals surface area contributed by atoms with Gasteiger partial charge in [0.15, 0.2) is 19.0 Å². The minimum absolute atomic E-state index is 0.185. The molecule has 180 valence electrons. The molecule has 35 heavy (non-hydrogen) atoms. The highest BCUT2D eigenvalue weighted by molar-refractivity contribution is 6.05. The lowest BCUT2D eigenvalue weighted by atomic mass is 10.1. The lowest BCUT2D eigenvalue weighted by Crippen LogP contribution is -2.51. The number of hydrogen-bond acceptors (Lipinski definition) is 6. The first-order valence-electron chi connectivity index (χ1n) is 11.2. The number of anilines is 1. The molecule has 4 rings (SSSR count). The molecule has 1 atom stereocenters. The Balaban J connectivity index is 1.48. The molecular formula is C27H26N2O6. The van der Waals surface area contributed by atoms with Crippen LogP contribution in [0.5, 0.6) is 17.2 Å². The Labute approximate surface area is 203 Å². The number of hydrogen-bond donors (Lipinski definition) is 1. The van der Waals surface area contributed by atoms with Gasteiger partial charge >= 0.3 is 0 Å². The highest BCUT2D eigenvalue weighted by Crippen LogP contribution is 2.34. The Morgan fingerprint density at radius 1 is 1.03 bits per heavy atom. The van der Waals surface area contributed by atoms with Crippen molar-refractivity contribution in [2.24, 2.45) is 0 Å². The van der Waals surface area contributed by atoms with Crippen LogP contribution in [0.15, 0.2) is 72.8 Å². The summed E-state index contributed by atoms with van der Waals surface area (Å²) >= 11 is 0. The van der Waals surface area contributed by atoms with E-state index in [4.69, 9.17) is 14.2 Å². The number of ether oxygens (including phenoxy) is 3. The van der Waals surface area contributed by atoms with Crippen molar-refractivity contribution in [2.45, 2.75) is 19.5 Å². The van der Waals surface area contributed by atoms with Gasteiger partial charge < -0.3 is 19.5 Å². The SMILES string of the molecule is COc1cccc(OCC(=O)c2ccc3c(c2)N(C(C)C(=O)NCc2ccccc2)C(=O)CO3)c1. The molecule has 8 nitrogen and oxygen atoms in total. The Morgan fingerprint density at radius 3 is 2.57 bits per heavy atom. The average molecular weight is 475 g/mol. The molecule has 1 unspecified atom stereocenters. The summed E-state index contributed by atoms with van der Waals surface area (Å²) in [5, 5.41) is 2.86. The van der Waals surface area contributed by atoms with Gasteiger partial charge in [-0.2, -0.15) is 0 Å². The van der Waals surface area contributed by atoms with Gasteiger partial charge in [0.05, 0.1) is 12.8 Å². The van der Waals surface area contributed by atoms with Crippen LogP contribution in [0.2, 0.25) is 0 Å². The maximum absolute atomic E-state index is 12.9. The van der Waals surface area contributed by atoms with Crippen LogP contribution in [0, 0.1) is 0 Å². The van der Waals surface area contributed by atoms with E-state index in [0.29, 0.717) is 35.0 Å². The van der Waals surface area contributed by atoms with Crippen molar-refractivity contribution in [2.75, 3.05) is 25.2 Å². The number of nitrogens with one attached hydrogen (secondary N) is 1. The zero-order valence-corrected chi connectivity index (χ0v) is 19.5. The number of Topliss-reactive ketones (excluding diaryl/α,β-unsaturated/α-hetero) is 1. The number of ketones is 1. The number of amides is 2. The Hall–Kier alpha value is -4.33. The summed E-state index contributed by atoms with van der Waals surface area (Å²) in [6, 6.07) is 20.5. The standard InChI is InChI=1S/C27H26N2O6/c1-18(27(32)28-15-19-7-4-3-5-8-19)29-23-13-20(11-12-25(23)35-17-26(29)31)24(30)16-34-22-10-6-9-21(14-22)33-2/h3-14,18H,15-17H2,1-2H3,(H,28,32). The maximum Gasteiger partial charge on any atom is 0.265 e. The van der Waals surface area contributed by atoms with Crippen LogP contribution in [0.4, 0.5) is 5.69 Å². The van der Waals surface area contributed by atoms with Crippen LogP contribution in [-0.4, -0.2) is 44.0 Å². The fourth-order valence-electron chi connectivity index (χ4n) is 3.74. The average Bonchev–Trinajstić information content (AvgIpc) is 2.90. The van der Waals surface area contributed by atoms with Crippen molar-refractivity contribution in [1.82, 2.24) is 5.32 Å². The number of carbonyl (C=O) groups excluding carboxylic acids is 3. The van der Waals surface area contributed by atoms with E-state index >= 15 is 0 Å². The van der Waals surface area contributed by atoms with E-state index < -0.39 is 6.04 Å². The predicted octanol–water partition coefficient (Wildman–Crippen LogP) is 3.39. The van der Waals surface area contributed by atoms with E-state index in [0.717, 1.165) is 5.56 Å².